The largest absolute Gasteiger partial charge is 0.489 e. The maximum atomic E-state index is 12.1. The van der Waals surface area contributed by atoms with Crippen molar-refractivity contribution in [1.29, 1.82) is 0 Å². The molecule has 1 aliphatic rings. The van der Waals surface area contributed by atoms with Crippen molar-refractivity contribution in [3.63, 3.8) is 0 Å². The molecule has 1 aliphatic heterocycles. The van der Waals surface area contributed by atoms with E-state index in [0.29, 0.717) is 42.0 Å². The molecule has 6 heteroatoms. The summed E-state index contributed by atoms with van der Waals surface area (Å²) in [5.74, 6) is 1.08. The van der Waals surface area contributed by atoms with Gasteiger partial charge in [0.25, 0.3) is 5.91 Å². The summed E-state index contributed by atoms with van der Waals surface area (Å²) >= 11 is 6.24. The van der Waals surface area contributed by atoms with Crippen molar-refractivity contribution >= 4 is 17.5 Å². The topological polar surface area (TPSA) is 52.5 Å². The molecular formula is C16H17ClN2O3. The van der Waals surface area contributed by atoms with E-state index < -0.39 is 0 Å². The molecule has 0 unspecified atom stereocenters. The van der Waals surface area contributed by atoms with Crippen LogP contribution in [0.3, 0.4) is 0 Å². The first-order valence-electron chi connectivity index (χ1n) is 7.12. The quantitative estimate of drug-likeness (QED) is 0.946. The van der Waals surface area contributed by atoms with E-state index in [9.17, 15) is 4.79 Å². The van der Waals surface area contributed by atoms with Crippen molar-refractivity contribution in [2.75, 3.05) is 13.2 Å². The van der Waals surface area contributed by atoms with E-state index in [4.69, 9.17) is 21.1 Å². The zero-order valence-electron chi connectivity index (χ0n) is 12.3. The Hall–Kier alpha value is -2.14. The lowest BCUT2D eigenvalue weighted by Gasteiger charge is -2.12. The fourth-order valence-corrected chi connectivity index (χ4v) is 2.64. The van der Waals surface area contributed by atoms with Gasteiger partial charge >= 0.3 is 0 Å². The Morgan fingerprint density at radius 1 is 1.36 bits per heavy atom. The molecule has 2 heterocycles. The van der Waals surface area contributed by atoms with Gasteiger partial charge in [-0.05, 0) is 29.8 Å². The molecule has 0 radical (unpaired) electrons. The van der Waals surface area contributed by atoms with E-state index in [-0.39, 0.29) is 5.91 Å². The predicted octanol–water partition coefficient (Wildman–Crippen LogP) is 2.77. The second-order valence-corrected chi connectivity index (χ2v) is 5.55. The number of nitrogens with zero attached hydrogens (tertiary/aromatic N) is 1. The summed E-state index contributed by atoms with van der Waals surface area (Å²) in [5, 5.41) is 3.38. The highest BCUT2D eigenvalue weighted by Gasteiger charge is 2.16. The van der Waals surface area contributed by atoms with E-state index >= 15 is 0 Å². The number of aryl methyl sites for hydroxylation is 1. The van der Waals surface area contributed by atoms with Crippen molar-refractivity contribution in [2.45, 2.75) is 13.0 Å². The average molecular weight is 321 g/mol. The fraction of sp³-hybridized carbons (Fsp3) is 0.312. The van der Waals surface area contributed by atoms with Crippen LogP contribution in [0.5, 0.6) is 11.5 Å². The van der Waals surface area contributed by atoms with Crippen LogP contribution < -0.4 is 14.8 Å². The SMILES string of the molecule is Cn1cccc1C(=O)NCc1cc(Cl)c2c(c1)OCCCO2. The molecule has 0 spiro atoms. The number of fused-ring (bicyclic) bond motifs is 1. The van der Waals surface area contributed by atoms with E-state index in [2.05, 4.69) is 5.32 Å². The van der Waals surface area contributed by atoms with E-state index in [0.717, 1.165) is 12.0 Å². The molecule has 2 aromatic rings. The fourth-order valence-electron chi connectivity index (χ4n) is 2.36. The molecule has 0 atom stereocenters. The van der Waals surface area contributed by atoms with Crippen LogP contribution in [-0.2, 0) is 13.6 Å². The zero-order chi connectivity index (χ0) is 15.5. The molecule has 3 rings (SSSR count). The second-order valence-electron chi connectivity index (χ2n) is 5.14. The van der Waals surface area contributed by atoms with Gasteiger partial charge in [0.05, 0.1) is 18.2 Å². The third-order valence-corrected chi connectivity index (χ3v) is 3.77. The Labute approximate surface area is 133 Å². The number of benzene rings is 1. The Bertz CT molecular complexity index is 697. The highest BCUT2D eigenvalue weighted by Crippen LogP contribution is 2.37. The summed E-state index contributed by atoms with van der Waals surface area (Å²) in [5.41, 5.74) is 1.48. The number of carbonyl (C=O) groups is 1. The molecule has 0 bridgehead atoms. The maximum absolute atomic E-state index is 12.1. The lowest BCUT2D eigenvalue weighted by atomic mass is 10.2. The monoisotopic (exact) mass is 320 g/mol. The van der Waals surface area contributed by atoms with Crippen LogP contribution in [-0.4, -0.2) is 23.7 Å². The van der Waals surface area contributed by atoms with Gasteiger partial charge in [-0.15, -0.1) is 0 Å². The van der Waals surface area contributed by atoms with Crippen molar-refractivity contribution < 1.29 is 14.3 Å². The van der Waals surface area contributed by atoms with Crippen LogP contribution in [0.2, 0.25) is 5.02 Å². The number of amides is 1. The van der Waals surface area contributed by atoms with Crippen molar-refractivity contribution in [3.05, 3.63) is 46.7 Å². The molecule has 1 aromatic carbocycles. The summed E-state index contributed by atoms with van der Waals surface area (Å²) in [7, 11) is 1.83. The van der Waals surface area contributed by atoms with Gasteiger partial charge in [-0.2, -0.15) is 0 Å². The standard InChI is InChI=1S/C16H17ClN2O3/c1-19-5-2-4-13(19)16(20)18-10-11-8-12(17)15-14(9-11)21-6-3-7-22-15/h2,4-5,8-9H,3,6-7,10H2,1H3,(H,18,20). The summed E-state index contributed by atoms with van der Waals surface area (Å²) in [6, 6.07) is 7.26. The van der Waals surface area contributed by atoms with Crippen LogP contribution in [0, 0.1) is 0 Å². The lowest BCUT2D eigenvalue weighted by Crippen LogP contribution is -2.24. The Kier molecular flexibility index (Phi) is 4.24. The molecule has 1 N–H and O–H groups in total. The molecular weight excluding hydrogens is 304 g/mol. The number of aromatic nitrogens is 1. The van der Waals surface area contributed by atoms with Gasteiger partial charge in [0.15, 0.2) is 11.5 Å². The highest BCUT2D eigenvalue weighted by molar-refractivity contribution is 6.32. The van der Waals surface area contributed by atoms with Crippen LogP contribution in [0.15, 0.2) is 30.5 Å². The molecule has 0 saturated carbocycles. The van der Waals surface area contributed by atoms with E-state index in [1.165, 1.54) is 0 Å². The van der Waals surface area contributed by atoms with E-state index in [1.807, 2.05) is 25.4 Å². The smallest absolute Gasteiger partial charge is 0.268 e. The van der Waals surface area contributed by atoms with Crippen LogP contribution in [0.4, 0.5) is 0 Å². The summed E-state index contributed by atoms with van der Waals surface area (Å²) < 4.78 is 13.0. The number of nitrogens with one attached hydrogen (secondary N) is 1. The predicted molar refractivity (Wildman–Crippen MR) is 83.6 cm³/mol. The minimum absolute atomic E-state index is 0.129. The highest BCUT2D eigenvalue weighted by atomic mass is 35.5. The second kappa shape index (κ2) is 6.32. The number of hydrogen-bond donors (Lipinski definition) is 1. The molecule has 5 nitrogen and oxygen atoms in total. The minimum Gasteiger partial charge on any atom is -0.489 e. The van der Waals surface area contributed by atoms with Crippen molar-refractivity contribution in [1.82, 2.24) is 9.88 Å². The normalized spacial score (nSPS) is 13.5. The van der Waals surface area contributed by atoms with Gasteiger partial charge in [0.1, 0.15) is 5.69 Å². The van der Waals surface area contributed by atoms with Gasteiger partial charge < -0.3 is 19.4 Å². The number of hydrogen-bond acceptors (Lipinski definition) is 3. The number of halogens is 1. The Morgan fingerprint density at radius 3 is 2.95 bits per heavy atom. The molecule has 1 aromatic heterocycles. The lowest BCUT2D eigenvalue weighted by molar-refractivity contribution is 0.0942. The maximum Gasteiger partial charge on any atom is 0.268 e. The summed E-state index contributed by atoms with van der Waals surface area (Å²) in [4.78, 5) is 12.1. The first kappa shape index (κ1) is 14.8. The third-order valence-electron chi connectivity index (χ3n) is 3.49. The molecule has 116 valence electrons. The van der Waals surface area contributed by atoms with Gasteiger partial charge in [-0.1, -0.05) is 11.6 Å². The summed E-state index contributed by atoms with van der Waals surface area (Å²) in [6.07, 6.45) is 2.66. The molecule has 0 saturated heterocycles. The molecule has 0 fully saturated rings. The van der Waals surface area contributed by atoms with Gasteiger partial charge in [-0.25, -0.2) is 0 Å². The average Bonchev–Trinajstić information content (AvgIpc) is 2.78. The molecule has 0 aliphatic carbocycles. The first-order chi connectivity index (χ1) is 10.6. The van der Waals surface area contributed by atoms with Gasteiger partial charge in [0, 0.05) is 26.2 Å². The van der Waals surface area contributed by atoms with Crippen LogP contribution >= 0.6 is 11.6 Å². The zero-order valence-corrected chi connectivity index (χ0v) is 13.0. The number of carbonyl (C=O) groups excluding carboxylic acids is 1. The van der Waals surface area contributed by atoms with Crippen LogP contribution in [0.25, 0.3) is 0 Å². The van der Waals surface area contributed by atoms with Gasteiger partial charge in [0.2, 0.25) is 0 Å². The van der Waals surface area contributed by atoms with Gasteiger partial charge in [-0.3, -0.25) is 4.79 Å². The van der Waals surface area contributed by atoms with Crippen molar-refractivity contribution in [2.24, 2.45) is 7.05 Å². The Balaban J connectivity index is 1.73. The number of rotatable bonds is 3. The van der Waals surface area contributed by atoms with Crippen molar-refractivity contribution in [3.8, 4) is 11.5 Å². The third kappa shape index (κ3) is 3.04. The number of ether oxygens (including phenoxy) is 2. The molecule has 22 heavy (non-hydrogen) atoms. The summed E-state index contributed by atoms with van der Waals surface area (Å²) in [6.45, 7) is 1.57. The Morgan fingerprint density at radius 2 is 2.18 bits per heavy atom. The van der Waals surface area contributed by atoms with E-state index in [1.54, 1.807) is 16.7 Å². The first-order valence-corrected chi connectivity index (χ1v) is 7.50. The molecule has 1 amide bonds. The minimum atomic E-state index is -0.129. The van der Waals surface area contributed by atoms with Crippen LogP contribution in [0.1, 0.15) is 22.5 Å².